The smallest absolute Gasteiger partial charge is 0.166 e. The molecule has 280 valence electrons. The van der Waals surface area contributed by atoms with Gasteiger partial charge in [-0.1, -0.05) is 170 Å². The molecule has 0 radical (unpaired) electrons. The molecule has 0 aliphatic carbocycles. The van der Waals surface area contributed by atoms with Crippen LogP contribution in [-0.2, 0) is 0 Å². The molecule has 0 atom stereocenters. The number of para-hydroxylation sites is 1. The summed E-state index contributed by atoms with van der Waals surface area (Å²) in [5.74, 6) is 1.85. The van der Waals surface area contributed by atoms with Gasteiger partial charge in [0.1, 0.15) is 0 Å². The Labute approximate surface area is 350 Å². The van der Waals surface area contributed by atoms with Gasteiger partial charge in [0, 0.05) is 47.6 Å². The second-order valence-electron chi connectivity index (χ2n) is 15.2. The number of benzene rings is 9. The molecule has 0 aliphatic heterocycles. The number of thiophene rings is 1. The number of hydrogen-bond donors (Lipinski definition) is 0. The lowest BCUT2D eigenvalue weighted by Gasteiger charge is -2.17. The summed E-state index contributed by atoms with van der Waals surface area (Å²) in [6, 6.07) is 73.3. The third kappa shape index (κ3) is 5.63. The minimum atomic E-state index is 0.609. The second kappa shape index (κ2) is 14.0. The third-order valence-corrected chi connectivity index (χ3v) is 12.9. The van der Waals surface area contributed by atoms with E-state index in [9.17, 15) is 0 Å². The van der Waals surface area contributed by atoms with Crippen LogP contribution in [0.25, 0.3) is 115 Å². The highest BCUT2D eigenvalue weighted by Gasteiger charge is 2.22. The van der Waals surface area contributed by atoms with Crippen LogP contribution < -0.4 is 0 Å². The van der Waals surface area contributed by atoms with Gasteiger partial charge in [-0.25, -0.2) is 15.0 Å². The third-order valence-electron chi connectivity index (χ3n) is 11.7. The summed E-state index contributed by atoms with van der Waals surface area (Å²) in [5, 5.41) is 7.43. The lowest BCUT2D eigenvalue weighted by molar-refractivity contribution is 1.06. The predicted molar refractivity (Wildman–Crippen MR) is 252 cm³/mol. The van der Waals surface area contributed by atoms with Gasteiger partial charge in [-0.05, 0) is 69.4 Å². The van der Waals surface area contributed by atoms with E-state index in [0.717, 1.165) is 50.1 Å². The van der Waals surface area contributed by atoms with Crippen LogP contribution in [0.15, 0.2) is 206 Å². The van der Waals surface area contributed by atoms with Gasteiger partial charge < -0.3 is 4.57 Å². The van der Waals surface area contributed by atoms with E-state index in [1.54, 1.807) is 0 Å². The van der Waals surface area contributed by atoms with Crippen LogP contribution >= 0.6 is 11.3 Å². The maximum absolute atomic E-state index is 5.38. The van der Waals surface area contributed by atoms with Crippen LogP contribution in [-0.4, -0.2) is 19.5 Å². The van der Waals surface area contributed by atoms with Gasteiger partial charge in [0.2, 0.25) is 0 Å². The molecule has 0 saturated carbocycles. The van der Waals surface area contributed by atoms with E-state index < -0.39 is 0 Å². The average Bonchev–Trinajstić information content (AvgIpc) is 3.88. The highest BCUT2D eigenvalue weighted by Crippen LogP contribution is 2.42. The molecule has 5 heteroatoms. The minimum Gasteiger partial charge on any atom is -0.308 e. The molecule has 60 heavy (non-hydrogen) atoms. The van der Waals surface area contributed by atoms with Crippen molar-refractivity contribution in [3.63, 3.8) is 0 Å². The van der Waals surface area contributed by atoms with Crippen molar-refractivity contribution in [1.82, 2.24) is 19.5 Å². The van der Waals surface area contributed by atoms with Crippen LogP contribution in [0.4, 0.5) is 0 Å². The van der Waals surface area contributed by atoms with Crippen molar-refractivity contribution >= 4 is 64.1 Å². The van der Waals surface area contributed by atoms with Gasteiger partial charge in [-0.3, -0.25) is 0 Å². The first-order valence-electron chi connectivity index (χ1n) is 20.2. The van der Waals surface area contributed by atoms with E-state index in [1.807, 2.05) is 29.5 Å². The van der Waals surface area contributed by atoms with Crippen molar-refractivity contribution in [2.75, 3.05) is 0 Å². The molecule has 0 fully saturated rings. The second-order valence-corrected chi connectivity index (χ2v) is 16.2. The molecule has 0 bridgehead atoms. The van der Waals surface area contributed by atoms with Gasteiger partial charge in [-0.15, -0.1) is 11.3 Å². The molecule has 0 amide bonds. The van der Waals surface area contributed by atoms with Crippen molar-refractivity contribution in [2.24, 2.45) is 0 Å². The Morgan fingerprint density at radius 1 is 0.350 bits per heavy atom. The van der Waals surface area contributed by atoms with Crippen LogP contribution in [0, 0.1) is 0 Å². The largest absolute Gasteiger partial charge is 0.308 e. The Balaban J connectivity index is 1.11. The van der Waals surface area contributed by atoms with E-state index in [4.69, 9.17) is 15.0 Å². The first-order chi connectivity index (χ1) is 29.7. The Hall–Kier alpha value is -7.73. The number of nitrogens with zero attached hydrogens (tertiary/aromatic N) is 4. The van der Waals surface area contributed by atoms with Gasteiger partial charge in [0.25, 0.3) is 0 Å². The van der Waals surface area contributed by atoms with E-state index in [1.165, 1.54) is 47.3 Å². The van der Waals surface area contributed by atoms with Gasteiger partial charge in [0.05, 0.1) is 16.7 Å². The van der Waals surface area contributed by atoms with E-state index in [2.05, 4.69) is 193 Å². The molecule has 0 N–H and O–H groups in total. The molecule has 3 aromatic heterocycles. The summed E-state index contributed by atoms with van der Waals surface area (Å²) in [5.41, 5.74) is 10.6. The number of aromatic nitrogens is 4. The number of fused-ring (bicyclic) bond motifs is 8. The highest BCUT2D eigenvalue weighted by molar-refractivity contribution is 7.26. The van der Waals surface area contributed by atoms with Crippen LogP contribution in [0.1, 0.15) is 0 Å². The fourth-order valence-corrected chi connectivity index (χ4v) is 10.1. The van der Waals surface area contributed by atoms with Crippen LogP contribution in [0.2, 0.25) is 0 Å². The fourth-order valence-electron chi connectivity index (χ4n) is 8.86. The number of rotatable bonds is 6. The quantitative estimate of drug-likeness (QED) is 0.169. The molecule has 3 heterocycles. The Kier molecular flexibility index (Phi) is 8.00. The maximum Gasteiger partial charge on any atom is 0.166 e. The molecular formula is C55H34N4S. The molecule has 9 aromatic carbocycles. The van der Waals surface area contributed by atoms with E-state index in [-0.39, 0.29) is 0 Å². The van der Waals surface area contributed by atoms with Crippen molar-refractivity contribution in [1.29, 1.82) is 0 Å². The zero-order chi connectivity index (χ0) is 39.6. The lowest BCUT2D eigenvalue weighted by atomic mass is 10.00. The van der Waals surface area contributed by atoms with Crippen LogP contribution in [0.3, 0.4) is 0 Å². The predicted octanol–water partition coefficient (Wildman–Crippen LogP) is 14.8. The van der Waals surface area contributed by atoms with Crippen molar-refractivity contribution in [3.05, 3.63) is 206 Å². The SMILES string of the molecule is c1ccc(-c2ccc(-c3nc(-c4ccccc4)nc(-c4cccc(-c5cccc6c5sc5ccccc56)c4)n3)c(-n3c4ccccc4c4c5ccccc5ccc43)c2)cc1. The standard InChI is InChI=1S/C55H34N4S/c1-3-15-35(16-4-1)38-29-31-46(49(34-38)59-47-27-11-9-24-45(47)51-41-22-8-7-17-36(41)30-32-48(51)59)55-57-53(37-18-5-2-6-19-37)56-54(58-55)40-21-13-20-39(33-40)42-25-14-26-44-43-23-10-12-28-50(43)60-52(42)44/h1-34H. The minimum absolute atomic E-state index is 0.609. The van der Waals surface area contributed by atoms with Crippen LogP contribution in [0.5, 0.6) is 0 Å². The van der Waals surface area contributed by atoms with Gasteiger partial charge >= 0.3 is 0 Å². The van der Waals surface area contributed by atoms with Crippen molar-refractivity contribution in [3.8, 4) is 62.1 Å². The monoisotopic (exact) mass is 782 g/mol. The zero-order valence-corrected chi connectivity index (χ0v) is 33.1. The molecular weight excluding hydrogens is 749 g/mol. The fraction of sp³-hybridized carbons (Fsp3) is 0. The molecule has 0 saturated heterocycles. The Bertz CT molecular complexity index is 3610. The average molecular weight is 783 g/mol. The molecule has 12 aromatic rings. The Morgan fingerprint density at radius 3 is 1.83 bits per heavy atom. The Morgan fingerprint density at radius 2 is 0.983 bits per heavy atom. The van der Waals surface area contributed by atoms with Crippen molar-refractivity contribution in [2.45, 2.75) is 0 Å². The first-order valence-corrected chi connectivity index (χ1v) is 21.0. The topological polar surface area (TPSA) is 43.6 Å². The molecule has 12 rings (SSSR count). The zero-order valence-electron chi connectivity index (χ0n) is 32.3. The maximum atomic E-state index is 5.38. The lowest BCUT2D eigenvalue weighted by Crippen LogP contribution is -2.04. The van der Waals surface area contributed by atoms with Gasteiger partial charge in [0.15, 0.2) is 17.5 Å². The summed E-state index contributed by atoms with van der Waals surface area (Å²) in [6.07, 6.45) is 0. The number of hydrogen-bond acceptors (Lipinski definition) is 4. The molecule has 0 aliphatic rings. The summed E-state index contributed by atoms with van der Waals surface area (Å²) in [6.45, 7) is 0. The van der Waals surface area contributed by atoms with E-state index >= 15 is 0 Å². The summed E-state index contributed by atoms with van der Waals surface area (Å²) in [7, 11) is 0. The summed E-state index contributed by atoms with van der Waals surface area (Å²) in [4.78, 5) is 15.9. The highest BCUT2D eigenvalue weighted by atomic mass is 32.1. The summed E-state index contributed by atoms with van der Waals surface area (Å²) >= 11 is 1.84. The molecule has 0 spiro atoms. The van der Waals surface area contributed by atoms with E-state index in [0.29, 0.717) is 17.5 Å². The first kappa shape index (κ1) is 34.3. The summed E-state index contributed by atoms with van der Waals surface area (Å²) < 4.78 is 4.96. The molecule has 4 nitrogen and oxygen atoms in total. The molecule has 0 unspecified atom stereocenters. The normalized spacial score (nSPS) is 11.7. The van der Waals surface area contributed by atoms with Gasteiger partial charge in [-0.2, -0.15) is 0 Å². The van der Waals surface area contributed by atoms with Crippen molar-refractivity contribution < 1.29 is 0 Å².